The van der Waals surface area contributed by atoms with Gasteiger partial charge >= 0.3 is 0 Å². The average Bonchev–Trinajstić information content (AvgIpc) is 2.69. The third-order valence-electron chi connectivity index (χ3n) is 3.50. The lowest BCUT2D eigenvalue weighted by Gasteiger charge is -2.22. The van der Waals surface area contributed by atoms with E-state index >= 15 is 0 Å². The predicted molar refractivity (Wildman–Crippen MR) is 76.6 cm³/mol. The summed E-state index contributed by atoms with van der Waals surface area (Å²) in [5.41, 5.74) is 1.25. The SMILES string of the molecule is CCC(C)CN(CC)Cc1cc(C)c(CNC)o1. The first kappa shape index (κ1) is 15.3. The molecule has 0 radical (unpaired) electrons. The van der Waals surface area contributed by atoms with E-state index in [9.17, 15) is 0 Å². The second kappa shape index (κ2) is 7.59. The van der Waals surface area contributed by atoms with Crippen LogP contribution in [0.5, 0.6) is 0 Å². The van der Waals surface area contributed by atoms with E-state index < -0.39 is 0 Å². The highest BCUT2D eigenvalue weighted by atomic mass is 16.3. The summed E-state index contributed by atoms with van der Waals surface area (Å²) in [5, 5.41) is 3.14. The summed E-state index contributed by atoms with van der Waals surface area (Å²) in [4.78, 5) is 2.45. The van der Waals surface area contributed by atoms with Crippen molar-refractivity contribution in [1.82, 2.24) is 10.2 Å². The first-order valence-corrected chi connectivity index (χ1v) is 7.05. The summed E-state index contributed by atoms with van der Waals surface area (Å²) in [6, 6.07) is 2.17. The number of nitrogens with one attached hydrogen (secondary N) is 1. The lowest BCUT2D eigenvalue weighted by Crippen LogP contribution is -2.27. The van der Waals surface area contributed by atoms with Crippen molar-refractivity contribution in [3.63, 3.8) is 0 Å². The summed E-state index contributed by atoms with van der Waals surface area (Å²) in [7, 11) is 1.95. The molecule has 0 saturated heterocycles. The standard InChI is InChI=1S/C15H28N2O/c1-6-12(3)10-17(7-2)11-14-8-13(4)15(18-14)9-16-5/h8,12,16H,6-7,9-11H2,1-5H3. The molecule has 1 N–H and O–H groups in total. The molecule has 1 aromatic rings. The number of aryl methyl sites for hydroxylation is 1. The first-order chi connectivity index (χ1) is 8.60. The van der Waals surface area contributed by atoms with E-state index in [4.69, 9.17) is 4.42 Å². The van der Waals surface area contributed by atoms with Crippen LogP contribution in [0, 0.1) is 12.8 Å². The largest absolute Gasteiger partial charge is 0.463 e. The van der Waals surface area contributed by atoms with Gasteiger partial charge in [-0.05, 0) is 38.1 Å². The Morgan fingerprint density at radius 3 is 2.67 bits per heavy atom. The third kappa shape index (κ3) is 4.46. The van der Waals surface area contributed by atoms with Gasteiger partial charge in [-0.3, -0.25) is 4.90 Å². The molecule has 0 fully saturated rings. The van der Waals surface area contributed by atoms with Crippen LogP contribution < -0.4 is 5.32 Å². The fraction of sp³-hybridized carbons (Fsp3) is 0.733. The molecule has 104 valence electrons. The van der Waals surface area contributed by atoms with Crippen molar-refractivity contribution in [2.75, 3.05) is 20.1 Å². The van der Waals surface area contributed by atoms with E-state index in [2.05, 4.69) is 44.0 Å². The molecule has 0 bridgehead atoms. The normalized spacial score (nSPS) is 13.2. The molecule has 1 rings (SSSR count). The van der Waals surface area contributed by atoms with Gasteiger partial charge in [0.2, 0.25) is 0 Å². The van der Waals surface area contributed by atoms with Crippen LogP contribution in [0.25, 0.3) is 0 Å². The quantitative estimate of drug-likeness (QED) is 0.770. The highest BCUT2D eigenvalue weighted by molar-refractivity contribution is 5.19. The number of nitrogens with zero attached hydrogens (tertiary/aromatic N) is 1. The summed E-state index contributed by atoms with van der Waals surface area (Å²) in [5.74, 6) is 2.90. The van der Waals surface area contributed by atoms with Gasteiger partial charge in [0.25, 0.3) is 0 Å². The Morgan fingerprint density at radius 2 is 2.11 bits per heavy atom. The van der Waals surface area contributed by atoms with Crippen LogP contribution in [0.4, 0.5) is 0 Å². The molecular formula is C15H28N2O. The van der Waals surface area contributed by atoms with Gasteiger partial charge in [-0.1, -0.05) is 27.2 Å². The molecule has 1 unspecified atom stereocenters. The lowest BCUT2D eigenvalue weighted by molar-refractivity contribution is 0.219. The van der Waals surface area contributed by atoms with Crippen molar-refractivity contribution in [2.24, 2.45) is 5.92 Å². The maximum atomic E-state index is 5.90. The highest BCUT2D eigenvalue weighted by Gasteiger charge is 2.12. The Morgan fingerprint density at radius 1 is 1.39 bits per heavy atom. The van der Waals surface area contributed by atoms with Crippen LogP contribution >= 0.6 is 0 Å². The minimum absolute atomic E-state index is 0.748. The molecule has 1 aromatic heterocycles. The van der Waals surface area contributed by atoms with E-state index in [1.165, 1.54) is 12.0 Å². The lowest BCUT2D eigenvalue weighted by atomic mass is 10.1. The van der Waals surface area contributed by atoms with Gasteiger partial charge in [0.1, 0.15) is 11.5 Å². The summed E-state index contributed by atoms with van der Waals surface area (Å²) in [6.07, 6.45) is 1.23. The van der Waals surface area contributed by atoms with E-state index in [0.29, 0.717) is 0 Å². The van der Waals surface area contributed by atoms with Crippen molar-refractivity contribution < 1.29 is 4.42 Å². The van der Waals surface area contributed by atoms with Crippen LogP contribution in [-0.4, -0.2) is 25.0 Å². The monoisotopic (exact) mass is 252 g/mol. The van der Waals surface area contributed by atoms with Gasteiger partial charge in [-0.25, -0.2) is 0 Å². The minimum Gasteiger partial charge on any atom is -0.463 e. The van der Waals surface area contributed by atoms with Gasteiger partial charge in [0, 0.05) is 6.54 Å². The maximum absolute atomic E-state index is 5.90. The Bertz CT molecular complexity index is 346. The Hall–Kier alpha value is -0.800. The number of furan rings is 1. The third-order valence-corrected chi connectivity index (χ3v) is 3.50. The fourth-order valence-electron chi connectivity index (χ4n) is 2.10. The number of hydrogen-bond acceptors (Lipinski definition) is 3. The topological polar surface area (TPSA) is 28.4 Å². The molecule has 3 nitrogen and oxygen atoms in total. The zero-order valence-corrected chi connectivity index (χ0v) is 12.5. The smallest absolute Gasteiger partial charge is 0.120 e. The molecule has 18 heavy (non-hydrogen) atoms. The van der Waals surface area contributed by atoms with E-state index in [0.717, 1.165) is 43.6 Å². The van der Waals surface area contributed by atoms with Crippen LogP contribution in [0.15, 0.2) is 10.5 Å². The van der Waals surface area contributed by atoms with E-state index in [1.807, 2.05) is 7.05 Å². The van der Waals surface area contributed by atoms with Gasteiger partial charge in [-0.15, -0.1) is 0 Å². The first-order valence-electron chi connectivity index (χ1n) is 7.05. The van der Waals surface area contributed by atoms with Crippen LogP contribution in [-0.2, 0) is 13.1 Å². The maximum Gasteiger partial charge on any atom is 0.120 e. The van der Waals surface area contributed by atoms with Crippen molar-refractivity contribution in [1.29, 1.82) is 0 Å². The zero-order valence-electron chi connectivity index (χ0n) is 12.5. The molecule has 3 heteroatoms. The van der Waals surface area contributed by atoms with Crippen molar-refractivity contribution in [3.8, 4) is 0 Å². The Labute approximate surface area is 112 Å². The van der Waals surface area contributed by atoms with Crippen LogP contribution in [0.2, 0.25) is 0 Å². The molecule has 0 aliphatic heterocycles. The highest BCUT2D eigenvalue weighted by Crippen LogP contribution is 2.17. The molecule has 0 saturated carbocycles. The molecule has 0 aliphatic carbocycles. The average molecular weight is 252 g/mol. The molecule has 0 spiro atoms. The van der Waals surface area contributed by atoms with Crippen molar-refractivity contribution in [2.45, 2.75) is 47.2 Å². The summed E-state index contributed by atoms with van der Waals surface area (Å²) >= 11 is 0. The second-order valence-corrected chi connectivity index (χ2v) is 5.19. The Balaban J connectivity index is 2.61. The molecule has 1 atom stereocenters. The molecule has 0 aliphatic rings. The van der Waals surface area contributed by atoms with E-state index in [-0.39, 0.29) is 0 Å². The Kier molecular flexibility index (Phi) is 6.44. The second-order valence-electron chi connectivity index (χ2n) is 5.19. The van der Waals surface area contributed by atoms with Crippen molar-refractivity contribution in [3.05, 3.63) is 23.2 Å². The summed E-state index contributed by atoms with van der Waals surface area (Å²) in [6.45, 7) is 12.8. The number of rotatable bonds is 8. The molecule has 1 heterocycles. The molecule has 0 amide bonds. The van der Waals surface area contributed by atoms with Crippen LogP contribution in [0.1, 0.15) is 44.3 Å². The van der Waals surface area contributed by atoms with E-state index in [1.54, 1.807) is 0 Å². The zero-order chi connectivity index (χ0) is 13.5. The summed E-state index contributed by atoms with van der Waals surface area (Å²) < 4.78 is 5.90. The van der Waals surface area contributed by atoms with Gasteiger partial charge in [0.15, 0.2) is 0 Å². The van der Waals surface area contributed by atoms with Crippen LogP contribution in [0.3, 0.4) is 0 Å². The van der Waals surface area contributed by atoms with Gasteiger partial charge in [0.05, 0.1) is 13.1 Å². The fourth-order valence-corrected chi connectivity index (χ4v) is 2.10. The van der Waals surface area contributed by atoms with Gasteiger partial charge < -0.3 is 9.73 Å². The molecular weight excluding hydrogens is 224 g/mol. The number of hydrogen-bond donors (Lipinski definition) is 1. The van der Waals surface area contributed by atoms with Gasteiger partial charge in [-0.2, -0.15) is 0 Å². The molecule has 0 aromatic carbocycles. The predicted octanol–water partition coefficient (Wildman–Crippen LogP) is 3.18. The minimum atomic E-state index is 0.748. The van der Waals surface area contributed by atoms with Crippen molar-refractivity contribution >= 4 is 0 Å².